The average molecular weight is 209 g/mol. The Morgan fingerprint density at radius 1 is 1.67 bits per heavy atom. The molecule has 1 amide bonds. The molecule has 1 aromatic rings. The number of carbonyl (C=O) groups is 1. The van der Waals surface area contributed by atoms with Crippen molar-refractivity contribution in [3.05, 3.63) is 24.0 Å². The fourth-order valence-electron chi connectivity index (χ4n) is 1.45. The Morgan fingerprint density at radius 3 is 3.00 bits per heavy atom. The van der Waals surface area contributed by atoms with Crippen LogP contribution in [-0.2, 0) is 11.2 Å². The van der Waals surface area contributed by atoms with Gasteiger partial charge < -0.3 is 16.0 Å². The molecule has 1 heterocycles. The van der Waals surface area contributed by atoms with Crippen molar-refractivity contribution in [2.75, 3.05) is 13.1 Å². The maximum atomic E-state index is 11.5. The third kappa shape index (κ3) is 3.75. The molecule has 0 saturated heterocycles. The Hall–Kier alpha value is -1.29. The maximum Gasteiger partial charge on any atom is 0.224 e. The quantitative estimate of drug-likeness (QED) is 0.644. The SMILES string of the molecule is CCC(CN)C(=O)NCCc1cc[nH]c1. The van der Waals surface area contributed by atoms with Crippen LogP contribution in [0.1, 0.15) is 18.9 Å². The van der Waals surface area contributed by atoms with Crippen molar-refractivity contribution in [2.24, 2.45) is 11.7 Å². The molecule has 0 aliphatic carbocycles. The predicted molar refractivity (Wildman–Crippen MR) is 60.3 cm³/mol. The van der Waals surface area contributed by atoms with E-state index in [1.54, 1.807) is 0 Å². The van der Waals surface area contributed by atoms with E-state index in [1.807, 2.05) is 25.4 Å². The van der Waals surface area contributed by atoms with E-state index in [9.17, 15) is 4.79 Å². The highest BCUT2D eigenvalue weighted by Gasteiger charge is 2.13. The van der Waals surface area contributed by atoms with Crippen molar-refractivity contribution >= 4 is 5.91 Å². The van der Waals surface area contributed by atoms with Gasteiger partial charge in [-0.25, -0.2) is 0 Å². The number of aromatic nitrogens is 1. The van der Waals surface area contributed by atoms with Gasteiger partial charge in [0.15, 0.2) is 0 Å². The van der Waals surface area contributed by atoms with E-state index < -0.39 is 0 Å². The lowest BCUT2D eigenvalue weighted by molar-refractivity contribution is -0.124. The van der Waals surface area contributed by atoms with E-state index in [4.69, 9.17) is 5.73 Å². The second kappa shape index (κ2) is 6.24. The molecule has 4 N–H and O–H groups in total. The molecule has 1 atom stereocenters. The molecule has 1 unspecified atom stereocenters. The first kappa shape index (κ1) is 11.8. The van der Waals surface area contributed by atoms with E-state index in [0.717, 1.165) is 12.8 Å². The molecule has 1 aromatic heterocycles. The fraction of sp³-hybridized carbons (Fsp3) is 0.545. The van der Waals surface area contributed by atoms with Gasteiger partial charge in [-0.3, -0.25) is 4.79 Å². The van der Waals surface area contributed by atoms with Gasteiger partial charge in [0.2, 0.25) is 5.91 Å². The summed E-state index contributed by atoms with van der Waals surface area (Å²) in [5.41, 5.74) is 6.69. The molecule has 4 nitrogen and oxygen atoms in total. The molecule has 0 saturated carbocycles. The van der Waals surface area contributed by atoms with Crippen LogP contribution in [0.4, 0.5) is 0 Å². The first-order valence-corrected chi connectivity index (χ1v) is 5.37. The van der Waals surface area contributed by atoms with Crippen molar-refractivity contribution in [3.63, 3.8) is 0 Å². The predicted octanol–water partition coefficient (Wildman–Crippen LogP) is 0.658. The highest BCUT2D eigenvalue weighted by molar-refractivity contribution is 5.78. The summed E-state index contributed by atoms with van der Waals surface area (Å²) >= 11 is 0. The van der Waals surface area contributed by atoms with Gasteiger partial charge in [-0.05, 0) is 24.5 Å². The zero-order valence-electron chi connectivity index (χ0n) is 9.12. The minimum absolute atomic E-state index is 0.0452. The van der Waals surface area contributed by atoms with Crippen LogP contribution in [-0.4, -0.2) is 24.0 Å². The van der Waals surface area contributed by atoms with Gasteiger partial charge in [0.05, 0.1) is 0 Å². The first-order valence-electron chi connectivity index (χ1n) is 5.37. The number of aromatic amines is 1. The Bertz CT molecular complexity index is 278. The Balaban J connectivity index is 2.22. The molecule has 0 aliphatic heterocycles. The third-order valence-corrected chi connectivity index (χ3v) is 2.52. The van der Waals surface area contributed by atoms with Crippen LogP contribution >= 0.6 is 0 Å². The molecule has 0 spiro atoms. The molecule has 0 aromatic carbocycles. The maximum absolute atomic E-state index is 11.5. The number of amides is 1. The van der Waals surface area contributed by atoms with E-state index in [1.165, 1.54) is 5.56 Å². The molecule has 0 radical (unpaired) electrons. The molecule has 0 aliphatic rings. The van der Waals surface area contributed by atoms with Crippen LogP contribution in [0.2, 0.25) is 0 Å². The average Bonchev–Trinajstić information content (AvgIpc) is 2.72. The smallest absolute Gasteiger partial charge is 0.224 e. The number of hydrogen-bond donors (Lipinski definition) is 3. The van der Waals surface area contributed by atoms with Crippen molar-refractivity contribution in [1.82, 2.24) is 10.3 Å². The van der Waals surface area contributed by atoms with Crippen LogP contribution in [0.3, 0.4) is 0 Å². The van der Waals surface area contributed by atoms with Crippen LogP contribution in [0.15, 0.2) is 18.5 Å². The van der Waals surface area contributed by atoms with Gasteiger partial charge in [0.1, 0.15) is 0 Å². The molecular formula is C11H19N3O. The minimum Gasteiger partial charge on any atom is -0.367 e. The zero-order valence-corrected chi connectivity index (χ0v) is 9.12. The number of rotatable bonds is 6. The molecular weight excluding hydrogens is 190 g/mol. The standard InChI is InChI=1S/C11H19N3O/c1-2-10(7-12)11(15)14-6-4-9-3-5-13-8-9/h3,5,8,10,13H,2,4,6-7,12H2,1H3,(H,14,15). The molecule has 0 fully saturated rings. The Morgan fingerprint density at radius 2 is 2.47 bits per heavy atom. The summed E-state index contributed by atoms with van der Waals surface area (Å²) in [5.74, 6) is 0.0201. The highest BCUT2D eigenvalue weighted by atomic mass is 16.1. The Labute approximate surface area is 90.2 Å². The number of hydrogen-bond acceptors (Lipinski definition) is 2. The first-order chi connectivity index (χ1) is 7.27. The normalized spacial score (nSPS) is 12.4. The minimum atomic E-state index is -0.0452. The topological polar surface area (TPSA) is 70.9 Å². The van der Waals surface area contributed by atoms with Crippen molar-refractivity contribution in [3.8, 4) is 0 Å². The summed E-state index contributed by atoms with van der Waals surface area (Å²) in [6.45, 7) is 3.07. The fourth-order valence-corrected chi connectivity index (χ4v) is 1.45. The second-order valence-electron chi connectivity index (χ2n) is 3.60. The number of nitrogens with two attached hydrogens (primary N) is 1. The van der Waals surface area contributed by atoms with Crippen LogP contribution in [0.5, 0.6) is 0 Å². The van der Waals surface area contributed by atoms with Crippen molar-refractivity contribution in [1.29, 1.82) is 0 Å². The lowest BCUT2D eigenvalue weighted by Gasteiger charge is -2.12. The largest absolute Gasteiger partial charge is 0.367 e. The number of H-pyrrole nitrogens is 1. The second-order valence-corrected chi connectivity index (χ2v) is 3.60. The van der Waals surface area contributed by atoms with Crippen LogP contribution in [0.25, 0.3) is 0 Å². The van der Waals surface area contributed by atoms with Gasteiger partial charge in [0.25, 0.3) is 0 Å². The number of carbonyl (C=O) groups excluding carboxylic acids is 1. The summed E-state index contributed by atoms with van der Waals surface area (Å²) in [7, 11) is 0. The summed E-state index contributed by atoms with van der Waals surface area (Å²) in [6, 6.07) is 2.01. The van der Waals surface area contributed by atoms with E-state index in [-0.39, 0.29) is 11.8 Å². The van der Waals surface area contributed by atoms with Crippen molar-refractivity contribution in [2.45, 2.75) is 19.8 Å². The molecule has 1 rings (SSSR count). The van der Waals surface area contributed by atoms with E-state index in [2.05, 4.69) is 10.3 Å². The van der Waals surface area contributed by atoms with E-state index in [0.29, 0.717) is 13.1 Å². The number of nitrogens with one attached hydrogen (secondary N) is 2. The summed E-state index contributed by atoms with van der Waals surface area (Å²) in [4.78, 5) is 14.5. The van der Waals surface area contributed by atoms with Crippen LogP contribution < -0.4 is 11.1 Å². The monoisotopic (exact) mass is 209 g/mol. The van der Waals surface area contributed by atoms with Gasteiger partial charge in [-0.2, -0.15) is 0 Å². The lowest BCUT2D eigenvalue weighted by Crippen LogP contribution is -2.35. The van der Waals surface area contributed by atoms with Gasteiger partial charge in [0, 0.05) is 31.4 Å². The molecule has 4 heteroatoms. The molecule has 0 bridgehead atoms. The molecule has 84 valence electrons. The van der Waals surface area contributed by atoms with Gasteiger partial charge in [-0.1, -0.05) is 6.92 Å². The summed E-state index contributed by atoms with van der Waals surface area (Å²) < 4.78 is 0. The van der Waals surface area contributed by atoms with Crippen molar-refractivity contribution < 1.29 is 4.79 Å². The Kier molecular flexibility index (Phi) is 4.90. The lowest BCUT2D eigenvalue weighted by atomic mass is 10.1. The summed E-state index contributed by atoms with van der Waals surface area (Å²) in [5, 5.41) is 2.89. The van der Waals surface area contributed by atoms with E-state index >= 15 is 0 Å². The zero-order chi connectivity index (χ0) is 11.1. The van der Waals surface area contributed by atoms with Crippen LogP contribution in [0, 0.1) is 5.92 Å². The van der Waals surface area contributed by atoms with Gasteiger partial charge in [-0.15, -0.1) is 0 Å². The molecule has 15 heavy (non-hydrogen) atoms. The summed E-state index contributed by atoms with van der Waals surface area (Å²) in [6.07, 6.45) is 5.47. The van der Waals surface area contributed by atoms with Gasteiger partial charge >= 0.3 is 0 Å². The highest BCUT2D eigenvalue weighted by Crippen LogP contribution is 2.00. The third-order valence-electron chi connectivity index (χ3n) is 2.52.